The Balaban J connectivity index is 1.57. The molecule has 36 heavy (non-hydrogen) atoms. The Hall–Kier alpha value is -2.21. The van der Waals surface area contributed by atoms with Gasteiger partial charge in [-0.2, -0.15) is 0 Å². The Morgan fingerprint density at radius 3 is 1.81 bits per heavy atom. The molecule has 0 saturated carbocycles. The van der Waals surface area contributed by atoms with Crippen LogP contribution in [0.5, 0.6) is 0 Å². The van der Waals surface area contributed by atoms with Crippen molar-refractivity contribution >= 4 is 21.3 Å². The highest BCUT2D eigenvalue weighted by Gasteiger charge is 2.21. The summed E-state index contributed by atoms with van der Waals surface area (Å²) in [5.74, 6) is -1.83. The number of benzene rings is 2. The number of unbranched alkanes of at least 4 members (excludes halogenated alkanes) is 13. The number of Topliss-reactive ketones (excluding diaryl/α,β-unsaturated/α-hetero) is 1. The number of hydrogen-bond donors (Lipinski definition) is 1. The third-order valence-corrected chi connectivity index (χ3v) is 8.19. The summed E-state index contributed by atoms with van der Waals surface area (Å²) < 4.78 is 39.3. The molecule has 6 heteroatoms. The highest BCUT2D eigenvalue weighted by molar-refractivity contribution is 7.92. The van der Waals surface area contributed by atoms with Gasteiger partial charge in [-0.1, -0.05) is 109 Å². The maximum absolute atomic E-state index is 14.5. The van der Waals surface area contributed by atoms with Gasteiger partial charge < -0.3 is 5.32 Å². The van der Waals surface area contributed by atoms with Crippen LogP contribution in [0, 0.1) is 5.82 Å². The van der Waals surface area contributed by atoms with Gasteiger partial charge in [-0.15, -0.1) is 0 Å². The molecule has 1 N–H and O–H groups in total. The smallest absolute Gasteiger partial charge is 0.185 e. The van der Waals surface area contributed by atoms with E-state index in [1.165, 1.54) is 101 Å². The lowest BCUT2D eigenvalue weighted by molar-refractivity contribution is 0.102. The summed E-state index contributed by atoms with van der Waals surface area (Å²) >= 11 is 0. The van der Waals surface area contributed by atoms with Crippen LogP contribution in [0.15, 0.2) is 53.4 Å². The monoisotopic (exact) mass is 517 g/mol. The molecule has 2 rings (SSSR count). The van der Waals surface area contributed by atoms with Crippen molar-refractivity contribution in [2.75, 3.05) is 17.6 Å². The largest absolute Gasteiger partial charge is 0.383 e. The lowest BCUT2D eigenvalue weighted by Gasteiger charge is -2.09. The van der Waals surface area contributed by atoms with E-state index in [0.717, 1.165) is 18.9 Å². The molecule has 200 valence electrons. The van der Waals surface area contributed by atoms with Gasteiger partial charge in [0.15, 0.2) is 15.6 Å². The molecule has 0 unspecified atom stereocenters. The van der Waals surface area contributed by atoms with Gasteiger partial charge >= 0.3 is 0 Å². The zero-order valence-corrected chi connectivity index (χ0v) is 22.8. The van der Waals surface area contributed by atoms with Crippen molar-refractivity contribution in [3.05, 3.63) is 59.9 Å². The first-order chi connectivity index (χ1) is 17.4. The second-order valence-electron chi connectivity index (χ2n) is 9.71. The van der Waals surface area contributed by atoms with Gasteiger partial charge in [0.1, 0.15) is 11.6 Å². The van der Waals surface area contributed by atoms with E-state index in [-0.39, 0.29) is 10.5 Å². The first kappa shape index (κ1) is 30.0. The van der Waals surface area contributed by atoms with Crippen molar-refractivity contribution in [3.8, 4) is 0 Å². The molecule has 0 amide bonds. The molecule has 2 aromatic rings. The Labute approximate surface area is 218 Å². The summed E-state index contributed by atoms with van der Waals surface area (Å²) in [6.45, 7) is 2.93. The Morgan fingerprint density at radius 2 is 1.28 bits per heavy atom. The van der Waals surface area contributed by atoms with E-state index < -0.39 is 27.2 Å². The Bertz CT molecular complexity index is 993. The molecule has 0 heterocycles. The molecule has 0 spiro atoms. The maximum atomic E-state index is 14.5. The van der Waals surface area contributed by atoms with Crippen LogP contribution >= 0.6 is 0 Å². The first-order valence-corrected chi connectivity index (χ1v) is 15.4. The molecule has 2 aromatic carbocycles. The summed E-state index contributed by atoms with van der Waals surface area (Å²) in [7, 11) is -3.76. The number of ketones is 1. The van der Waals surface area contributed by atoms with E-state index in [9.17, 15) is 17.6 Å². The van der Waals surface area contributed by atoms with Crippen LogP contribution in [0.4, 0.5) is 10.1 Å². The predicted octanol–water partition coefficient (Wildman–Crippen LogP) is 8.38. The van der Waals surface area contributed by atoms with Crippen LogP contribution in [0.1, 0.15) is 107 Å². The van der Waals surface area contributed by atoms with E-state index in [1.54, 1.807) is 18.2 Å². The number of anilines is 1. The minimum atomic E-state index is -3.76. The van der Waals surface area contributed by atoms with Gasteiger partial charge in [0.25, 0.3) is 0 Å². The maximum Gasteiger partial charge on any atom is 0.185 e. The molecule has 0 saturated heterocycles. The fraction of sp³-hybridized carbons (Fsp3) is 0.567. The molecule has 0 fully saturated rings. The summed E-state index contributed by atoms with van der Waals surface area (Å²) in [5, 5.41) is 3.09. The molecule has 0 bridgehead atoms. The molecule has 0 aliphatic rings. The third-order valence-electron chi connectivity index (χ3n) is 6.56. The standard InChI is InChI=1S/C30H44FNO3S/c1-2-3-4-5-6-7-8-9-10-11-12-13-14-18-23-32-29-22-21-26(24-28(29)31)30(33)25-36(34,35)27-19-16-15-17-20-27/h15-17,19-22,24,32H,2-14,18,23,25H2,1H3. The van der Waals surface area contributed by atoms with Crippen LogP contribution in [-0.4, -0.2) is 26.5 Å². The molecule has 0 aromatic heterocycles. The van der Waals surface area contributed by atoms with E-state index in [4.69, 9.17) is 0 Å². The zero-order chi connectivity index (χ0) is 26.1. The predicted molar refractivity (Wildman–Crippen MR) is 148 cm³/mol. The Morgan fingerprint density at radius 1 is 0.750 bits per heavy atom. The minimum absolute atomic E-state index is 0.0639. The second-order valence-corrected chi connectivity index (χ2v) is 11.7. The van der Waals surface area contributed by atoms with E-state index >= 15 is 0 Å². The van der Waals surface area contributed by atoms with Crippen LogP contribution in [0.3, 0.4) is 0 Å². The van der Waals surface area contributed by atoms with Crippen LogP contribution in [0.25, 0.3) is 0 Å². The van der Waals surface area contributed by atoms with Gasteiger partial charge in [0.05, 0.1) is 10.6 Å². The molecule has 0 aliphatic carbocycles. The summed E-state index contributed by atoms with van der Waals surface area (Å²) in [5.41, 5.74) is 0.404. The Kier molecular flexibility index (Phi) is 14.4. The number of sulfone groups is 1. The number of halogens is 1. The van der Waals surface area contributed by atoms with Gasteiger partial charge in [-0.3, -0.25) is 4.79 Å². The fourth-order valence-corrected chi connectivity index (χ4v) is 5.59. The van der Waals surface area contributed by atoms with Crippen molar-refractivity contribution in [1.82, 2.24) is 0 Å². The van der Waals surface area contributed by atoms with Crippen molar-refractivity contribution in [1.29, 1.82) is 0 Å². The van der Waals surface area contributed by atoms with Crippen molar-refractivity contribution < 1.29 is 17.6 Å². The summed E-state index contributed by atoms with van der Waals surface area (Å²) in [6.07, 6.45) is 18.1. The van der Waals surface area contributed by atoms with E-state index in [1.807, 2.05) is 0 Å². The summed E-state index contributed by atoms with van der Waals surface area (Å²) in [6, 6.07) is 11.9. The normalized spacial score (nSPS) is 11.5. The highest BCUT2D eigenvalue weighted by Crippen LogP contribution is 2.19. The SMILES string of the molecule is CCCCCCCCCCCCCCCCNc1ccc(C(=O)CS(=O)(=O)c2ccccc2)cc1F. The second kappa shape index (κ2) is 17.3. The van der Waals surface area contributed by atoms with Crippen molar-refractivity contribution in [2.45, 2.75) is 102 Å². The topological polar surface area (TPSA) is 63.2 Å². The zero-order valence-electron chi connectivity index (χ0n) is 21.9. The number of nitrogens with one attached hydrogen (secondary N) is 1. The third kappa shape index (κ3) is 11.7. The average molecular weight is 518 g/mol. The number of hydrogen-bond acceptors (Lipinski definition) is 4. The quantitative estimate of drug-likeness (QED) is 0.141. The van der Waals surface area contributed by atoms with Crippen LogP contribution < -0.4 is 5.32 Å². The molecular formula is C30H44FNO3S. The van der Waals surface area contributed by atoms with E-state index in [2.05, 4.69) is 12.2 Å². The van der Waals surface area contributed by atoms with Gasteiger partial charge in [0, 0.05) is 12.1 Å². The molecule has 4 nitrogen and oxygen atoms in total. The molecule has 0 radical (unpaired) electrons. The number of carbonyl (C=O) groups excluding carboxylic acids is 1. The van der Waals surface area contributed by atoms with Crippen molar-refractivity contribution in [2.24, 2.45) is 0 Å². The van der Waals surface area contributed by atoms with Gasteiger partial charge in [-0.05, 0) is 36.8 Å². The molecular weight excluding hydrogens is 473 g/mol. The van der Waals surface area contributed by atoms with E-state index in [0.29, 0.717) is 12.2 Å². The van der Waals surface area contributed by atoms with Gasteiger partial charge in [-0.25, -0.2) is 12.8 Å². The minimum Gasteiger partial charge on any atom is -0.383 e. The number of rotatable bonds is 20. The van der Waals surface area contributed by atoms with Crippen LogP contribution in [-0.2, 0) is 9.84 Å². The molecule has 0 atom stereocenters. The van der Waals surface area contributed by atoms with Crippen molar-refractivity contribution in [3.63, 3.8) is 0 Å². The fourth-order valence-electron chi connectivity index (χ4n) is 4.34. The highest BCUT2D eigenvalue weighted by atomic mass is 32.2. The lowest BCUT2D eigenvalue weighted by Crippen LogP contribution is -2.16. The van der Waals surface area contributed by atoms with Gasteiger partial charge in [0.2, 0.25) is 0 Å². The molecule has 0 aliphatic heterocycles. The van der Waals surface area contributed by atoms with Crippen LogP contribution in [0.2, 0.25) is 0 Å². The number of carbonyl (C=O) groups is 1. The first-order valence-electron chi connectivity index (χ1n) is 13.8. The lowest BCUT2D eigenvalue weighted by atomic mass is 10.0. The summed E-state index contributed by atoms with van der Waals surface area (Å²) in [4.78, 5) is 12.5. The average Bonchev–Trinajstić information content (AvgIpc) is 2.87.